The molecular weight excluding hydrogens is 162 g/mol. The lowest BCUT2D eigenvalue weighted by molar-refractivity contribution is -0.0433. The van der Waals surface area contributed by atoms with Gasteiger partial charge in [-0.25, -0.2) is 0 Å². The standard InChI is InChI=1S/C11H23NO/c1-5-12(4)10-6-7-13-11(8-10)9(2)3/h9-11H,5-8H2,1-4H3. The Hall–Kier alpha value is -0.0800. The van der Waals surface area contributed by atoms with Gasteiger partial charge in [-0.3, -0.25) is 0 Å². The molecule has 1 aliphatic heterocycles. The first-order valence-corrected chi connectivity index (χ1v) is 5.47. The minimum Gasteiger partial charge on any atom is -0.378 e. The molecule has 0 bridgehead atoms. The van der Waals surface area contributed by atoms with Crippen LogP contribution in [-0.2, 0) is 4.74 Å². The Morgan fingerprint density at radius 2 is 2.15 bits per heavy atom. The van der Waals surface area contributed by atoms with Crippen molar-refractivity contribution in [2.24, 2.45) is 5.92 Å². The second-order valence-corrected chi connectivity index (χ2v) is 4.40. The molecule has 1 rings (SSSR count). The van der Waals surface area contributed by atoms with Gasteiger partial charge in [0.25, 0.3) is 0 Å². The van der Waals surface area contributed by atoms with Crippen LogP contribution in [0.15, 0.2) is 0 Å². The summed E-state index contributed by atoms with van der Waals surface area (Å²) < 4.78 is 5.74. The van der Waals surface area contributed by atoms with Gasteiger partial charge in [0.1, 0.15) is 0 Å². The van der Waals surface area contributed by atoms with Gasteiger partial charge in [0.15, 0.2) is 0 Å². The van der Waals surface area contributed by atoms with Gasteiger partial charge >= 0.3 is 0 Å². The lowest BCUT2D eigenvalue weighted by Gasteiger charge is -2.36. The predicted octanol–water partition coefficient (Wildman–Crippen LogP) is 2.14. The molecular formula is C11H23NO. The fourth-order valence-electron chi connectivity index (χ4n) is 1.93. The number of ether oxygens (including phenoxy) is 1. The van der Waals surface area contributed by atoms with Crippen molar-refractivity contribution in [2.75, 3.05) is 20.2 Å². The highest BCUT2D eigenvalue weighted by atomic mass is 16.5. The molecule has 0 spiro atoms. The van der Waals surface area contributed by atoms with Crippen LogP contribution in [0.25, 0.3) is 0 Å². The lowest BCUT2D eigenvalue weighted by Crippen LogP contribution is -2.41. The Bertz CT molecular complexity index is 147. The highest BCUT2D eigenvalue weighted by Crippen LogP contribution is 2.22. The zero-order valence-corrected chi connectivity index (χ0v) is 9.42. The number of hydrogen-bond acceptors (Lipinski definition) is 2. The molecule has 1 heterocycles. The molecule has 0 aromatic heterocycles. The molecule has 2 atom stereocenters. The van der Waals surface area contributed by atoms with Crippen LogP contribution < -0.4 is 0 Å². The molecule has 0 aromatic rings. The van der Waals surface area contributed by atoms with Crippen LogP contribution in [0, 0.1) is 5.92 Å². The van der Waals surface area contributed by atoms with E-state index in [4.69, 9.17) is 4.74 Å². The molecule has 0 N–H and O–H groups in total. The highest BCUT2D eigenvalue weighted by Gasteiger charge is 2.26. The van der Waals surface area contributed by atoms with Crippen LogP contribution in [0.1, 0.15) is 33.6 Å². The summed E-state index contributed by atoms with van der Waals surface area (Å²) in [6.45, 7) is 8.81. The van der Waals surface area contributed by atoms with Gasteiger partial charge in [-0.1, -0.05) is 20.8 Å². The predicted molar refractivity (Wildman–Crippen MR) is 55.9 cm³/mol. The lowest BCUT2D eigenvalue weighted by atomic mass is 9.94. The summed E-state index contributed by atoms with van der Waals surface area (Å²) >= 11 is 0. The Morgan fingerprint density at radius 3 is 2.69 bits per heavy atom. The van der Waals surface area contributed by atoms with Gasteiger partial charge in [0, 0.05) is 12.6 Å². The van der Waals surface area contributed by atoms with Crippen LogP contribution in [0.4, 0.5) is 0 Å². The SMILES string of the molecule is CCN(C)C1CCOC(C(C)C)C1. The maximum atomic E-state index is 5.74. The van der Waals surface area contributed by atoms with E-state index in [1.807, 2.05) is 0 Å². The van der Waals surface area contributed by atoms with Crippen molar-refractivity contribution in [3.63, 3.8) is 0 Å². The average Bonchev–Trinajstić information content (AvgIpc) is 2.17. The Morgan fingerprint density at radius 1 is 1.46 bits per heavy atom. The fourth-order valence-corrected chi connectivity index (χ4v) is 1.93. The molecule has 1 saturated heterocycles. The molecule has 1 aliphatic rings. The molecule has 2 heteroatoms. The molecule has 78 valence electrons. The van der Waals surface area contributed by atoms with E-state index in [0.717, 1.165) is 19.2 Å². The molecule has 0 aromatic carbocycles. The molecule has 2 unspecified atom stereocenters. The van der Waals surface area contributed by atoms with E-state index in [1.165, 1.54) is 12.8 Å². The summed E-state index contributed by atoms with van der Waals surface area (Å²) in [5.41, 5.74) is 0. The van der Waals surface area contributed by atoms with Crippen LogP contribution in [0.5, 0.6) is 0 Å². The Balaban J connectivity index is 2.41. The summed E-state index contributed by atoms with van der Waals surface area (Å²) in [5, 5.41) is 0. The van der Waals surface area contributed by atoms with E-state index in [9.17, 15) is 0 Å². The first-order chi connectivity index (χ1) is 6.15. The van der Waals surface area contributed by atoms with Crippen molar-refractivity contribution in [1.29, 1.82) is 0 Å². The van der Waals surface area contributed by atoms with E-state index >= 15 is 0 Å². The van der Waals surface area contributed by atoms with Crippen molar-refractivity contribution in [3.05, 3.63) is 0 Å². The molecule has 1 fully saturated rings. The van der Waals surface area contributed by atoms with Gasteiger partial charge < -0.3 is 9.64 Å². The highest BCUT2D eigenvalue weighted by molar-refractivity contribution is 4.79. The third-order valence-electron chi connectivity index (χ3n) is 3.15. The molecule has 0 amide bonds. The van der Waals surface area contributed by atoms with Crippen molar-refractivity contribution < 1.29 is 4.74 Å². The molecule has 0 saturated carbocycles. The van der Waals surface area contributed by atoms with E-state index in [-0.39, 0.29) is 0 Å². The van der Waals surface area contributed by atoms with E-state index < -0.39 is 0 Å². The van der Waals surface area contributed by atoms with Crippen LogP contribution >= 0.6 is 0 Å². The third kappa shape index (κ3) is 2.96. The van der Waals surface area contributed by atoms with E-state index in [1.54, 1.807) is 0 Å². The van der Waals surface area contributed by atoms with Gasteiger partial charge in [0.2, 0.25) is 0 Å². The van der Waals surface area contributed by atoms with Gasteiger partial charge in [0.05, 0.1) is 6.10 Å². The van der Waals surface area contributed by atoms with Crippen molar-refractivity contribution in [2.45, 2.75) is 45.8 Å². The summed E-state index contributed by atoms with van der Waals surface area (Å²) in [6.07, 6.45) is 2.89. The quantitative estimate of drug-likeness (QED) is 0.668. The molecule has 0 radical (unpaired) electrons. The van der Waals surface area contributed by atoms with Crippen molar-refractivity contribution in [1.82, 2.24) is 4.90 Å². The molecule has 2 nitrogen and oxygen atoms in total. The Kier molecular flexibility index (Phi) is 4.20. The van der Waals surface area contributed by atoms with Crippen LogP contribution in [0.3, 0.4) is 0 Å². The summed E-state index contributed by atoms with van der Waals surface area (Å²) in [7, 11) is 2.22. The van der Waals surface area contributed by atoms with E-state index in [2.05, 4.69) is 32.7 Å². The zero-order valence-electron chi connectivity index (χ0n) is 9.42. The van der Waals surface area contributed by atoms with Crippen LogP contribution in [-0.4, -0.2) is 37.2 Å². The monoisotopic (exact) mass is 185 g/mol. The summed E-state index contributed by atoms with van der Waals surface area (Å²) in [4.78, 5) is 2.44. The number of hydrogen-bond donors (Lipinski definition) is 0. The minimum absolute atomic E-state index is 0.479. The van der Waals surface area contributed by atoms with Gasteiger partial charge in [-0.2, -0.15) is 0 Å². The summed E-state index contributed by atoms with van der Waals surface area (Å²) in [6, 6.07) is 0.742. The fraction of sp³-hybridized carbons (Fsp3) is 1.00. The first-order valence-electron chi connectivity index (χ1n) is 5.47. The minimum atomic E-state index is 0.479. The van der Waals surface area contributed by atoms with Crippen molar-refractivity contribution in [3.8, 4) is 0 Å². The third-order valence-corrected chi connectivity index (χ3v) is 3.15. The smallest absolute Gasteiger partial charge is 0.0612 e. The second kappa shape index (κ2) is 4.97. The van der Waals surface area contributed by atoms with Crippen LogP contribution in [0.2, 0.25) is 0 Å². The Labute approximate surface area is 82.3 Å². The zero-order chi connectivity index (χ0) is 9.84. The topological polar surface area (TPSA) is 12.5 Å². The average molecular weight is 185 g/mol. The number of rotatable bonds is 3. The van der Waals surface area contributed by atoms with Gasteiger partial charge in [-0.05, 0) is 32.4 Å². The van der Waals surface area contributed by atoms with Crippen molar-refractivity contribution >= 4 is 0 Å². The van der Waals surface area contributed by atoms with Gasteiger partial charge in [-0.15, -0.1) is 0 Å². The number of nitrogens with zero attached hydrogens (tertiary/aromatic N) is 1. The summed E-state index contributed by atoms with van der Waals surface area (Å²) in [5.74, 6) is 0.660. The van der Waals surface area contributed by atoms with E-state index in [0.29, 0.717) is 12.0 Å². The largest absolute Gasteiger partial charge is 0.378 e. The maximum absolute atomic E-state index is 5.74. The first kappa shape index (κ1) is 11.0. The molecule has 0 aliphatic carbocycles. The second-order valence-electron chi connectivity index (χ2n) is 4.40. The molecule has 13 heavy (non-hydrogen) atoms. The normalized spacial score (nSPS) is 30.0. The maximum Gasteiger partial charge on any atom is 0.0612 e.